The van der Waals surface area contributed by atoms with Crippen LogP contribution in [0.15, 0.2) is 0 Å². The summed E-state index contributed by atoms with van der Waals surface area (Å²) >= 11 is 1.82. The second-order valence-electron chi connectivity index (χ2n) is 3.91. The number of nitrogens with zero attached hydrogens (tertiary/aromatic N) is 2. The highest BCUT2D eigenvalue weighted by Gasteiger charge is 2.11. The van der Waals surface area contributed by atoms with Crippen molar-refractivity contribution in [3.8, 4) is 0 Å². The number of anilines is 1. The van der Waals surface area contributed by atoms with E-state index >= 15 is 0 Å². The van der Waals surface area contributed by atoms with Crippen LogP contribution in [0.4, 0.5) is 5.13 Å². The lowest BCUT2D eigenvalue weighted by atomic mass is 10.3. The molecule has 0 radical (unpaired) electrons. The van der Waals surface area contributed by atoms with Gasteiger partial charge < -0.3 is 10.2 Å². The molecule has 1 rings (SSSR count). The van der Waals surface area contributed by atoms with E-state index in [0.717, 1.165) is 31.2 Å². The summed E-state index contributed by atoms with van der Waals surface area (Å²) in [6.45, 7) is 9.58. The number of hydrogen-bond acceptors (Lipinski definition) is 4. The SMILES string of the molecule is CCCNCc1sc(N(C)CC)nc1CC. The van der Waals surface area contributed by atoms with Crippen LogP contribution in [0.1, 0.15) is 37.8 Å². The average Bonchev–Trinajstić information content (AvgIpc) is 2.72. The molecule has 1 heterocycles. The van der Waals surface area contributed by atoms with Gasteiger partial charge in [-0.2, -0.15) is 0 Å². The largest absolute Gasteiger partial charge is 0.351 e. The summed E-state index contributed by atoms with van der Waals surface area (Å²) in [5, 5.41) is 4.59. The number of aromatic nitrogens is 1. The van der Waals surface area contributed by atoms with E-state index in [1.54, 1.807) is 0 Å². The lowest BCUT2D eigenvalue weighted by Crippen LogP contribution is -2.15. The van der Waals surface area contributed by atoms with Gasteiger partial charge in [0.15, 0.2) is 5.13 Å². The molecule has 0 aliphatic heterocycles. The predicted octanol–water partition coefficient (Wildman–Crippen LogP) is 2.66. The zero-order valence-electron chi connectivity index (χ0n) is 10.8. The summed E-state index contributed by atoms with van der Waals surface area (Å²) in [4.78, 5) is 8.28. The minimum atomic E-state index is 0.965. The standard InChI is InChI=1S/C12H23N3S/c1-5-8-13-9-11-10(6-2)14-12(16-11)15(4)7-3/h13H,5-9H2,1-4H3. The van der Waals surface area contributed by atoms with Crippen molar-refractivity contribution in [2.24, 2.45) is 0 Å². The van der Waals surface area contributed by atoms with Gasteiger partial charge in [-0.1, -0.05) is 13.8 Å². The van der Waals surface area contributed by atoms with E-state index in [2.05, 4.69) is 43.0 Å². The van der Waals surface area contributed by atoms with Crippen molar-refractivity contribution in [1.29, 1.82) is 0 Å². The number of thiazole rings is 1. The van der Waals surface area contributed by atoms with E-state index in [1.807, 2.05) is 11.3 Å². The molecule has 1 aromatic rings. The molecule has 0 bridgehead atoms. The first-order chi connectivity index (χ1) is 7.72. The molecular formula is C12H23N3S. The Morgan fingerprint density at radius 3 is 2.62 bits per heavy atom. The number of hydrogen-bond donors (Lipinski definition) is 1. The summed E-state index contributed by atoms with van der Waals surface area (Å²) in [5.41, 5.74) is 1.25. The molecule has 0 amide bonds. The molecule has 92 valence electrons. The predicted molar refractivity (Wildman–Crippen MR) is 72.4 cm³/mol. The van der Waals surface area contributed by atoms with Crippen LogP contribution < -0.4 is 10.2 Å². The molecule has 0 unspecified atom stereocenters. The minimum Gasteiger partial charge on any atom is -0.351 e. The normalized spacial score (nSPS) is 10.8. The quantitative estimate of drug-likeness (QED) is 0.744. The Hall–Kier alpha value is -0.610. The van der Waals surface area contributed by atoms with E-state index in [0.29, 0.717) is 0 Å². The van der Waals surface area contributed by atoms with E-state index in [9.17, 15) is 0 Å². The van der Waals surface area contributed by atoms with Gasteiger partial charge in [-0.3, -0.25) is 0 Å². The van der Waals surface area contributed by atoms with Crippen molar-refractivity contribution in [1.82, 2.24) is 10.3 Å². The zero-order valence-corrected chi connectivity index (χ0v) is 11.7. The number of aryl methyl sites for hydroxylation is 1. The highest BCUT2D eigenvalue weighted by Crippen LogP contribution is 2.25. The van der Waals surface area contributed by atoms with Crippen molar-refractivity contribution in [3.63, 3.8) is 0 Å². The molecule has 0 aliphatic carbocycles. The number of rotatable bonds is 7. The maximum Gasteiger partial charge on any atom is 0.185 e. The van der Waals surface area contributed by atoms with Crippen LogP contribution >= 0.6 is 11.3 Å². The van der Waals surface area contributed by atoms with Crippen LogP contribution in [-0.2, 0) is 13.0 Å². The molecule has 1 N–H and O–H groups in total. The maximum absolute atomic E-state index is 4.68. The summed E-state index contributed by atoms with van der Waals surface area (Å²) in [6.07, 6.45) is 2.21. The zero-order chi connectivity index (χ0) is 12.0. The Labute approximate surface area is 103 Å². The van der Waals surface area contributed by atoms with Gasteiger partial charge in [-0.15, -0.1) is 11.3 Å². The van der Waals surface area contributed by atoms with Crippen molar-refractivity contribution in [2.75, 3.05) is 25.0 Å². The first-order valence-electron chi connectivity index (χ1n) is 6.13. The molecule has 0 aliphatic rings. The van der Waals surface area contributed by atoms with Gasteiger partial charge in [0, 0.05) is 25.0 Å². The van der Waals surface area contributed by atoms with Crippen LogP contribution in [0.5, 0.6) is 0 Å². The van der Waals surface area contributed by atoms with Crippen LogP contribution in [0.2, 0.25) is 0 Å². The van der Waals surface area contributed by atoms with Crippen molar-refractivity contribution in [3.05, 3.63) is 10.6 Å². The van der Waals surface area contributed by atoms with E-state index < -0.39 is 0 Å². The van der Waals surface area contributed by atoms with Crippen LogP contribution in [0.25, 0.3) is 0 Å². The minimum absolute atomic E-state index is 0.965. The van der Waals surface area contributed by atoms with Crippen LogP contribution in [0.3, 0.4) is 0 Å². The Morgan fingerprint density at radius 2 is 2.06 bits per heavy atom. The molecule has 3 nitrogen and oxygen atoms in total. The molecule has 0 saturated carbocycles. The van der Waals surface area contributed by atoms with Crippen molar-refractivity contribution in [2.45, 2.75) is 40.2 Å². The fourth-order valence-electron chi connectivity index (χ4n) is 1.46. The Morgan fingerprint density at radius 1 is 1.31 bits per heavy atom. The van der Waals surface area contributed by atoms with Crippen molar-refractivity contribution >= 4 is 16.5 Å². The third-order valence-corrected chi connectivity index (χ3v) is 3.83. The first-order valence-corrected chi connectivity index (χ1v) is 6.94. The van der Waals surface area contributed by atoms with Crippen molar-refractivity contribution < 1.29 is 0 Å². The van der Waals surface area contributed by atoms with Gasteiger partial charge in [0.05, 0.1) is 5.69 Å². The monoisotopic (exact) mass is 241 g/mol. The fraction of sp³-hybridized carbons (Fsp3) is 0.750. The molecule has 0 fully saturated rings. The van der Waals surface area contributed by atoms with Crippen LogP contribution in [0, 0.1) is 0 Å². The highest BCUT2D eigenvalue weighted by molar-refractivity contribution is 7.15. The Bertz CT molecular complexity index is 309. The van der Waals surface area contributed by atoms with E-state index in [1.165, 1.54) is 17.0 Å². The molecule has 16 heavy (non-hydrogen) atoms. The maximum atomic E-state index is 4.68. The third kappa shape index (κ3) is 3.46. The smallest absolute Gasteiger partial charge is 0.185 e. The van der Waals surface area contributed by atoms with E-state index in [-0.39, 0.29) is 0 Å². The molecule has 1 aromatic heterocycles. The molecule has 0 atom stereocenters. The molecule has 4 heteroatoms. The topological polar surface area (TPSA) is 28.2 Å². The summed E-state index contributed by atoms with van der Waals surface area (Å²) in [7, 11) is 2.10. The van der Waals surface area contributed by atoms with Gasteiger partial charge >= 0.3 is 0 Å². The van der Waals surface area contributed by atoms with Gasteiger partial charge in [0.25, 0.3) is 0 Å². The molecule has 0 saturated heterocycles. The lowest BCUT2D eigenvalue weighted by molar-refractivity contribution is 0.676. The fourth-order valence-corrected chi connectivity index (χ4v) is 2.60. The second-order valence-corrected chi connectivity index (χ2v) is 4.97. The first kappa shape index (κ1) is 13.5. The molecule has 0 spiro atoms. The number of nitrogens with one attached hydrogen (secondary N) is 1. The lowest BCUT2D eigenvalue weighted by Gasteiger charge is -2.11. The van der Waals surface area contributed by atoms with E-state index in [4.69, 9.17) is 0 Å². The average molecular weight is 241 g/mol. The van der Waals surface area contributed by atoms with Gasteiger partial charge in [-0.05, 0) is 26.3 Å². The van der Waals surface area contributed by atoms with Gasteiger partial charge in [0.2, 0.25) is 0 Å². The summed E-state index contributed by atoms with van der Waals surface area (Å²) in [6, 6.07) is 0. The van der Waals surface area contributed by atoms with Crippen LogP contribution in [-0.4, -0.2) is 25.1 Å². The molecular weight excluding hydrogens is 218 g/mol. The summed E-state index contributed by atoms with van der Waals surface area (Å²) in [5.74, 6) is 0. The van der Waals surface area contributed by atoms with Gasteiger partial charge in [-0.25, -0.2) is 4.98 Å². The Balaban J connectivity index is 2.70. The van der Waals surface area contributed by atoms with Gasteiger partial charge in [0.1, 0.15) is 0 Å². The molecule has 0 aromatic carbocycles. The second kappa shape index (κ2) is 6.86. The highest BCUT2D eigenvalue weighted by atomic mass is 32.1. The summed E-state index contributed by atoms with van der Waals surface area (Å²) < 4.78 is 0. The Kier molecular flexibility index (Phi) is 5.77. The third-order valence-electron chi connectivity index (χ3n) is 2.62.